The highest BCUT2D eigenvalue weighted by Crippen LogP contribution is 2.38. The minimum Gasteiger partial charge on any atom is -0.385 e. The molecular formula is C17H16ClFO. The van der Waals surface area contributed by atoms with Gasteiger partial charge in [-0.25, -0.2) is 4.39 Å². The molecule has 1 N–H and O–H groups in total. The Balaban J connectivity index is 1.98. The summed E-state index contributed by atoms with van der Waals surface area (Å²) >= 11 is 6.09. The Morgan fingerprint density at radius 2 is 2.00 bits per heavy atom. The monoisotopic (exact) mass is 290 g/mol. The van der Waals surface area contributed by atoms with E-state index in [-0.39, 0.29) is 5.82 Å². The first-order chi connectivity index (χ1) is 9.58. The number of rotatable bonds is 2. The summed E-state index contributed by atoms with van der Waals surface area (Å²) < 4.78 is 13.1. The second kappa shape index (κ2) is 5.19. The molecule has 1 nitrogen and oxygen atoms in total. The molecule has 3 rings (SSSR count). The number of hydrogen-bond donors (Lipinski definition) is 1. The normalized spacial score (nSPS) is 21.6. The van der Waals surface area contributed by atoms with Crippen LogP contribution in [-0.2, 0) is 18.4 Å². The van der Waals surface area contributed by atoms with E-state index < -0.39 is 5.60 Å². The van der Waals surface area contributed by atoms with Crippen molar-refractivity contribution in [3.8, 4) is 0 Å². The maximum absolute atomic E-state index is 13.1. The van der Waals surface area contributed by atoms with Crippen molar-refractivity contribution in [1.82, 2.24) is 0 Å². The largest absolute Gasteiger partial charge is 0.385 e. The first kappa shape index (κ1) is 13.6. The van der Waals surface area contributed by atoms with Crippen molar-refractivity contribution in [2.24, 2.45) is 0 Å². The smallest absolute Gasteiger partial charge is 0.124 e. The summed E-state index contributed by atoms with van der Waals surface area (Å²) in [6.45, 7) is 0. The lowest BCUT2D eigenvalue weighted by Crippen LogP contribution is -2.33. The minimum absolute atomic E-state index is 0.352. The van der Waals surface area contributed by atoms with E-state index in [0.29, 0.717) is 17.9 Å². The zero-order valence-electron chi connectivity index (χ0n) is 11.1. The molecule has 104 valence electrons. The predicted molar refractivity (Wildman–Crippen MR) is 78.4 cm³/mol. The topological polar surface area (TPSA) is 20.2 Å². The van der Waals surface area contributed by atoms with Crippen molar-refractivity contribution in [3.63, 3.8) is 0 Å². The van der Waals surface area contributed by atoms with Crippen molar-refractivity contribution in [2.45, 2.75) is 31.3 Å². The molecule has 0 fully saturated rings. The van der Waals surface area contributed by atoms with Gasteiger partial charge in [-0.1, -0.05) is 41.9 Å². The zero-order chi connectivity index (χ0) is 14.2. The molecule has 1 aliphatic carbocycles. The van der Waals surface area contributed by atoms with Gasteiger partial charge in [0, 0.05) is 11.4 Å². The molecule has 2 aromatic rings. The third kappa shape index (κ3) is 2.46. The van der Waals surface area contributed by atoms with Crippen LogP contribution in [0, 0.1) is 5.82 Å². The highest BCUT2D eigenvalue weighted by Gasteiger charge is 2.34. The Morgan fingerprint density at radius 3 is 2.80 bits per heavy atom. The van der Waals surface area contributed by atoms with Gasteiger partial charge >= 0.3 is 0 Å². The molecule has 0 amide bonds. The van der Waals surface area contributed by atoms with Crippen LogP contribution in [-0.4, -0.2) is 5.11 Å². The number of benzene rings is 2. The van der Waals surface area contributed by atoms with E-state index in [0.717, 1.165) is 24.0 Å². The third-order valence-corrected chi connectivity index (χ3v) is 4.41. The van der Waals surface area contributed by atoms with Crippen LogP contribution in [0.3, 0.4) is 0 Å². The molecule has 20 heavy (non-hydrogen) atoms. The summed E-state index contributed by atoms with van der Waals surface area (Å²) in [7, 11) is 0. The van der Waals surface area contributed by atoms with Gasteiger partial charge in [0.15, 0.2) is 0 Å². The Bertz CT molecular complexity index is 641. The molecule has 1 unspecified atom stereocenters. The minimum atomic E-state index is -0.906. The molecule has 0 aromatic heterocycles. The predicted octanol–water partition coefficient (Wildman–Crippen LogP) is 4.25. The standard InChI is InChI=1S/C17H16ClFO/c18-16-10-14(19)8-7-13(16)11-17(20)9-3-5-12-4-1-2-6-15(12)17/h1-2,4,6-8,10,20H,3,5,9,11H2. The van der Waals surface area contributed by atoms with Crippen LogP contribution >= 0.6 is 11.6 Å². The number of aryl methyl sites for hydroxylation is 1. The van der Waals surface area contributed by atoms with Gasteiger partial charge < -0.3 is 5.11 Å². The number of aliphatic hydroxyl groups is 1. The van der Waals surface area contributed by atoms with E-state index in [4.69, 9.17) is 11.6 Å². The molecule has 0 aliphatic heterocycles. The van der Waals surface area contributed by atoms with Crippen molar-refractivity contribution in [3.05, 3.63) is 70.0 Å². The van der Waals surface area contributed by atoms with Crippen LogP contribution in [0.5, 0.6) is 0 Å². The maximum atomic E-state index is 13.1. The summed E-state index contributed by atoms with van der Waals surface area (Å²) in [6.07, 6.45) is 3.07. The molecule has 3 heteroatoms. The molecule has 1 atom stereocenters. The number of fused-ring (bicyclic) bond motifs is 1. The summed E-state index contributed by atoms with van der Waals surface area (Å²) in [5.74, 6) is -0.352. The lowest BCUT2D eigenvalue weighted by molar-refractivity contribution is 0.0190. The summed E-state index contributed by atoms with van der Waals surface area (Å²) in [6, 6.07) is 12.3. The van der Waals surface area contributed by atoms with Crippen LogP contribution < -0.4 is 0 Å². The van der Waals surface area contributed by atoms with Crippen LogP contribution in [0.1, 0.15) is 29.5 Å². The third-order valence-electron chi connectivity index (χ3n) is 4.05. The molecule has 0 bridgehead atoms. The Labute approximate surface area is 123 Å². The van der Waals surface area contributed by atoms with Crippen molar-refractivity contribution >= 4 is 11.6 Å². The molecule has 0 saturated heterocycles. The van der Waals surface area contributed by atoms with E-state index in [1.54, 1.807) is 6.07 Å². The molecule has 2 aromatic carbocycles. The SMILES string of the molecule is OC1(Cc2ccc(F)cc2Cl)CCCc2ccccc21. The Kier molecular flexibility index (Phi) is 3.53. The average Bonchev–Trinajstić information content (AvgIpc) is 2.43. The fourth-order valence-electron chi connectivity index (χ4n) is 3.06. The van der Waals surface area contributed by atoms with Crippen LogP contribution in [0.2, 0.25) is 5.02 Å². The fourth-order valence-corrected chi connectivity index (χ4v) is 3.30. The lowest BCUT2D eigenvalue weighted by Gasteiger charge is -2.35. The molecule has 0 heterocycles. The van der Waals surface area contributed by atoms with E-state index in [1.165, 1.54) is 17.7 Å². The molecule has 0 saturated carbocycles. The number of hydrogen-bond acceptors (Lipinski definition) is 1. The van der Waals surface area contributed by atoms with Gasteiger partial charge in [0.2, 0.25) is 0 Å². The first-order valence-corrected chi connectivity index (χ1v) is 7.21. The summed E-state index contributed by atoms with van der Waals surface area (Å²) in [5.41, 5.74) is 2.05. The van der Waals surface area contributed by atoms with Gasteiger partial charge in [-0.2, -0.15) is 0 Å². The van der Waals surface area contributed by atoms with Gasteiger partial charge in [-0.3, -0.25) is 0 Å². The molecule has 1 aliphatic rings. The zero-order valence-corrected chi connectivity index (χ0v) is 11.8. The van der Waals surface area contributed by atoms with Gasteiger partial charge in [-0.15, -0.1) is 0 Å². The average molecular weight is 291 g/mol. The first-order valence-electron chi connectivity index (χ1n) is 6.83. The van der Waals surface area contributed by atoms with Crippen molar-refractivity contribution in [2.75, 3.05) is 0 Å². The maximum Gasteiger partial charge on any atom is 0.124 e. The molecule has 0 spiro atoms. The van der Waals surface area contributed by atoms with Gasteiger partial charge in [0.05, 0.1) is 5.60 Å². The van der Waals surface area contributed by atoms with Crippen molar-refractivity contribution in [1.29, 1.82) is 0 Å². The Hall–Kier alpha value is -1.38. The van der Waals surface area contributed by atoms with E-state index in [9.17, 15) is 9.50 Å². The van der Waals surface area contributed by atoms with E-state index in [1.807, 2.05) is 18.2 Å². The van der Waals surface area contributed by atoms with Crippen LogP contribution in [0.25, 0.3) is 0 Å². The Morgan fingerprint density at radius 1 is 1.20 bits per heavy atom. The van der Waals surface area contributed by atoms with Gasteiger partial charge in [-0.05, 0) is 48.1 Å². The van der Waals surface area contributed by atoms with Crippen molar-refractivity contribution < 1.29 is 9.50 Å². The summed E-state index contributed by atoms with van der Waals surface area (Å²) in [5, 5.41) is 11.4. The number of halogens is 2. The van der Waals surface area contributed by atoms with Gasteiger partial charge in [0.1, 0.15) is 5.82 Å². The quantitative estimate of drug-likeness (QED) is 0.877. The second-order valence-electron chi connectivity index (χ2n) is 5.45. The van der Waals surface area contributed by atoms with E-state index >= 15 is 0 Å². The molecule has 0 radical (unpaired) electrons. The van der Waals surface area contributed by atoms with E-state index in [2.05, 4.69) is 6.07 Å². The van der Waals surface area contributed by atoms with Gasteiger partial charge in [0.25, 0.3) is 0 Å². The van der Waals surface area contributed by atoms with Crippen LogP contribution in [0.4, 0.5) is 4.39 Å². The highest BCUT2D eigenvalue weighted by molar-refractivity contribution is 6.31. The summed E-state index contributed by atoms with van der Waals surface area (Å²) in [4.78, 5) is 0. The lowest BCUT2D eigenvalue weighted by atomic mass is 9.76. The fraction of sp³-hybridized carbons (Fsp3) is 0.294. The van der Waals surface area contributed by atoms with Crippen LogP contribution in [0.15, 0.2) is 42.5 Å². The highest BCUT2D eigenvalue weighted by atomic mass is 35.5. The second-order valence-corrected chi connectivity index (χ2v) is 5.86. The molecular weight excluding hydrogens is 275 g/mol.